The normalized spacial score (nSPS) is 15.9. The van der Waals surface area contributed by atoms with Gasteiger partial charge in [0.25, 0.3) is 0 Å². The van der Waals surface area contributed by atoms with Gasteiger partial charge in [0, 0.05) is 21.8 Å². The summed E-state index contributed by atoms with van der Waals surface area (Å²) in [6.45, 7) is 0.710. The van der Waals surface area contributed by atoms with Crippen LogP contribution in [0.2, 0.25) is 5.02 Å². The van der Waals surface area contributed by atoms with Gasteiger partial charge in [-0.3, -0.25) is 9.48 Å². The fraction of sp³-hybridized carbons (Fsp3) is 0.273. The van der Waals surface area contributed by atoms with Gasteiger partial charge in [0.1, 0.15) is 5.82 Å². The van der Waals surface area contributed by atoms with Gasteiger partial charge in [-0.15, -0.1) is 0 Å². The highest BCUT2D eigenvalue weighted by molar-refractivity contribution is 6.31. The van der Waals surface area contributed by atoms with Gasteiger partial charge in [-0.25, -0.2) is 4.39 Å². The van der Waals surface area contributed by atoms with Crippen molar-refractivity contribution >= 4 is 17.5 Å². The molecule has 1 aliphatic rings. The van der Waals surface area contributed by atoms with E-state index in [1.165, 1.54) is 17.7 Å². The largest absolute Gasteiger partial charge is 0.349 e. The first-order valence-corrected chi connectivity index (χ1v) is 9.80. The van der Waals surface area contributed by atoms with Crippen molar-refractivity contribution in [2.75, 3.05) is 0 Å². The summed E-state index contributed by atoms with van der Waals surface area (Å²) in [6, 6.07) is 14.5. The molecule has 1 aliphatic carbocycles. The van der Waals surface area contributed by atoms with Crippen LogP contribution in [0, 0.1) is 5.82 Å². The van der Waals surface area contributed by atoms with Crippen LogP contribution in [0.25, 0.3) is 0 Å². The van der Waals surface area contributed by atoms with Crippen LogP contribution < -0.4 is 5.32 Å². The van der Waals surface area contributed by atoms with Crippen LogP contribution >= 0.6 is 11.6 Å². The van der Waals surface area contributed by atoms with Crippen LogP contribution in [0.3, 0.4) is 0 Å². The lowest BCUT2D eigenvalue weighted by Gasteiger charge is -2.24. The average molecular weight is 398 g/mol. The molecule has 0 fully saturated rings. The average Bonchev–Trinajstić information content (AvgIpc) is 3.10. The number of halogens is 2. The smallest absolute Gasteiger partial charge is 0.225 e. The van der Waals surface area contributed by atoms with Crippen LogP contribution in [0.5, 0.6) is 0 Å². The monoisotopic (exact) mass is 397 g/mol. The third kappa shape index (κ3) is 3.94. The number of hydrogen-bond acceptors (Lipinski definition) is 2. The van der Waals surface area contributed by atoms with Gasteiger partial charge >= 0.3 is 0 Å². The van der Waals surface area contributed by atoms with Crippen molar-refractivity contribution in [3.63, 3.8) is 0 Å². The second-order valence-corrected chi connectivity index (χ2v) is 7.49. The molecule has 0 radical (unpaired) electrons. The lowest BCUT2D eigenvalue weighted by Crippen LogP contribution is -2.32. The lowest BCUT2D eigenvalue weighted by atomic mass is 9.92. The van der Waals surface area contributed by atoms with E-state index in [4.69, 9.17) is 11.6 Å². The molecule has 1 heterocycles. The first-order chi connectivity index (χ1) is 13.6. The van der Waals surface area contributed by atoms with Crippen molar-refractivity contribution in [2.24, 2.45) is 0 Å². The lowest BCUT2D eigenvalue weighted by molar-refractivity contribution is -0.121. The summed E-state index contributed by atoms with van der Waals surface area (Å²) in [5.41, 5.74) is 3.63. The Morgan fingerprint density at radius 2 is 2.04 bits per heavy atom. The van der Waals surface area contributed by atoms with E-state index >= 15 is 0 Å². The molecule has 1 amide bonds. The van der Waals surface area contributed by atoms with E-state index in [2.05, 4.69) is 22.5 Å². The van der Waals surface area contributed by atoms with E-state index in [9.17, 15) is 9.18 Å². The molecular weight excluding hydrogens is 377 g/mol. The molecule has 1 aromatic heterocycles. The Balaban J connectivity index is 1.48. The van der Waals surface area contributed by atoms with Gasteiger partial charge in [0.05, 0.1) is 25.2 Å². The molecule has 1 atom stereocenters. The van der Waals surface area contributed by atoms with E-state index in [0.717, 1.165) is 30.5 Å². The van der Waals surface area contributed by atoms with Gasteiger partial charge in [-0.2, -0.15) is 5.10 Å². The molecule has 0 bridgehead atoms. The predicted octanol–water partition coefficient (Wildman–Crippen LogP) is 4.46. The topological polar surface area (TPSA) is 46.9 Å². The number of hydrogen-bond donors (Lipinski definition) is 1. The van der Waals surface area contributed by atoms with Crippen molar-refractivity contribution < 1.29 is 9.18 Å². The number of carbonyl (C=O) groups excluding carboxylic acids is 1. The summed E-state index contributed by atoms with van der Waals surface area (Å²) in [4.78, 5) is 12.5. The van der Waals surface area contributed by atoms with E-state index in [1.54, 1.807) is 6.07 Å². The molecule has 28 heavy (non-hydrogen) atoms. The van der Waals surface area contributed by atoms with Crippen LogP contribution in [0.1, 0.15) is 41.3 Å². The van der Waals surface area contributed by atoms with Gasteiger partial charge in [0.2, 0.25) is 5.91 Å². The number of carbonyl (C=O) groups is 1. The minimum atomic E-state index is -0.456. The van der Waals surface area contributed by atoms with Crippen molar-refractivity contribution in [3.05, 3.63) is 88.0 Å². The van der Waals surface area contributed by atoms with Gasteiger partial charge in [0.15, 0.2) is 0 Å². The second-order valence-electron chi connectivity index (χ2n) is 7.08. The zero-order valence-corrected chi connectivity index (χ0v) is 16.1. The first kappa shape index (κ1) is 18.7. The van der Waals surface area contributed by atoms with Gasteiger partial charge in [-0.1, -0.05) is 48.0 Å². The molecular formula is C22H21ClFN3O. The molecule has 0 unspecified atom stereocenters. The summed E-state index contributed by atoms with van der Waals surface area (Å²) >= 11 is 6.04. The van der Waals surface area contributed by atoms with Crippen LogP contribution in [0.15, 0.2) is 54.7 Å². The predicted molar refractivity (Wildman–Crippen MR) is 107 cm³/mol. The third-order valence-corrected chi connectivity index (χ3v) is 5.53. The first-order valence-electron chi connectivity index (χ1n) is 9.42. The summed E-state index contributed by atoms with van der Waals surface area (Å²) in [7, 11) is 0. The quantitative estimate of drug-likeness (QED) is 0.690. The fourth-order valence-electron chi connectivity index (χ4n) is 3.77. The minimum absolute atomic E-state index is 0.0739. The molecule has 4 rings (SSSR count). The molecule has 0 saturated heterocycles. The van der Waals surface area contributed by atoms with E-state index in [1.807, 2.05) is 29.1 Å². The van der Waals surface area contributed by atoms with Gasteiger partial charge < -0.3 is 5.32 Å². The second kappa shape index (κ2) is 8.15. The molecule has 3 aromatic rings. The highest BCUT2D eigenvalue weighted by Crippen LogP contribution is 2.30. The summed E-state index contributed by atoms with van der Waals surface area (Å²) in [5, 5.41) is 7.86. The zero-order chi connectivity index (χ0) is 19.5. The molecule has 4 nitrogen and oxygen atoms in total. The Labute approximate surface area is 168 Å². The summed E-state index contributed by atoms with van der Waals surface area (Å²) in [6.07, 6.45) is 4.53. The van der Waals surface area contributed by atoms with Crippen molar-refractivity contribution in [3.8, 4) is 0 Å². The van der Waals surface area contributed by atoms with E-state index in [0.29, 0.717) is 6.54 Å². The zero-order valence-electron chi connectivity index (χ0n) is 15.4. The number of amides is 1. The number of aromatic nitrogens is 2. The van der Waals surface area contributed by atoms with Crippen LogP contribution in [-0.4, -0.2) is 15.7 Å². The molecule has 6 heteroatoms. The van der Waals surface area contributed by atoms with Gasteiger partial charge in [-0.05, 0) is 37.0 Å². The number of rotatable bonds is 5. The number of nitrogens with zero attached hydrogens (tertiary/aromatic N) is 2. The maximum Gasteiger partial charge on any atom is 0.225 e. The van der Waals surface area contributed by atoms with Crippen molar-refractivity contribution in [1.29, 1.82) is 0 Å². The Hall–Kier alpha value is -2.66. The molecule has 0 aliphatic heterocycles. The molecule has 2 aromatic carbocycles. The number of fused-ring (bicyclic) bond motifs is 1. The summed E-state index contributed by atoms with van der Waals surface area (Å²) < 4.78 is 16.0. The maximum atomic E-state index is 14.0. The fourth-order valence-corrected chi connectivity index (χ4v) is 4.00. The van der Waals surface area contributed by atoms with Crippen molar-refractivity contribution in [1.82, 2.24) is 15.1 Å². The SMILES string of the molecule is O=C(Cc1c(F)cccc1Cl)N[C@@H]1CCCc2c1cnn2Cc1ccccc1. The Bertz CT molecular complexity index is 966. The molecule has 1 N–H and O–H groups in total. The van der Waals surface area contributed by atoms with Crippen LogP contribution in [-0.2, 0) is 24.2 Å². The Kier molecular flexibility index (Phi) is 5.44. The number of benzene rings is 2. The Morgan fingerprint density at radius 3 is 2.82 bits per heavy atom. The number of nitrogens with one attached hydrogen (secondary N) is 1. The highest BCUT2D eigenvalue weighted by Gasteiger charge is 2.26. The maximum absolute atomic E-state index is 14.0. The molecule has 144 valence electrons. The standard InChI is InChI=1S/C22H21ClFN3O/c23-18-8-4-9-19(24)16(18)12-22(28)26-20-10-5-11-21-17(20)13-25-27(21)14-15-6-2-1-3-7-15/h1-4,6-9,13,20H,5,10-12,14H2,(H,26,28)/t20-/m1/s1. The van der Waals surface area contributed by atoms with E-state index in [-0.39, 0.29) is 29.0 Å². The van der Waals surface area contributed by atoms with E-state index < -0.39 is 5.82 Å². The minimum Gasteiger partial charge on any atom is -0.349 e. The summed E-state index contributed by atoms with van der Waals surface area (Å²) in [5.74, 6) is -0.691. The third-order valence-electron chi connectivity index (χ3n) is 5.17. The van der Waals surface area contributed by atoms with Crippen LogP contribution in [0.4, 0.5) is 4.39 Å². The van der Waals surface area contributed by atoms with Crippen molar-refractivity contribution in [2.45, 2.75) is 38.3 Å². The highest BCUT2D eigenvalue weighted by atomic mass is 35.5. The Morgan fingerprint density at radius 1 is 1.21 bits per heavy atom. The molecule has 0 spiro atoms. The molecule has 0 saturated carbocycles.